The first-order valence-electron chi connectivity index (χ1n) is 5.46. The lowest BCUT2D eigenvalue weighted by Crippen LogP contribution is -2.15. The smallest absolute Gasteiger partial charge is 0.161 e. The Morgan fingerprint density at radius 1 is 1.00 bits per heavy atom. The van der Waals surface area contributed by atoms with E-state index in [2.05, 4.69) is 32.9 Å². The fourth-order valence-electron chi connectivity index (χ4n) is 2.18. The van der Waals surface area contributed by atoms with Crippen molar-refractivity contribution in [2.45, 2.75) is 26.2 Å². The van der Waals surface area contributed by atoms with Crippen LogP contribution in [-0.4, -0.2) is 14.2 Å². The SMILES string of the molecule is COc1cc2c(cc1OC)C(C)(C)C(C)=C2. The predicted molar refractivity (Wildman–Crippen MR) is 66.2 cm³/mol. The molecule has 0 aromatic heterocycles. The minimum absolute atomic E-state index is 0.0921. The van der Waals surface area contributed by atoms with E-state index in [0.29, 0.717) is 0 Å². The highest BCUT2D eigenvalue weighted by molar-refractivity contribution is 5.71. The molecular formula is C14H18O2. The van der Waals surface area contributed by atoms with Crippen molar-refractivity contribution in [3.63, 3.8) is 0 Å². The summed E-state index contributed by atoms with van der Waals surface area (Å²) in [5.74, 6) is 1.60. The van der Waals surface area contributed by atoms with Crippen molar-refractivity contribution in [2.75, 3.05) is 14.2 Å². The van der Waals surface area contributed by atoms with Gasteiger partial charge in [0.15, 0.2) is 11.5 Å². The summed E-state index contributed by atoms with van der Waals surface area (Å²) in [6, 6.07) is 4.13. The fraction of sp³-hybridized carbons (Fsp3) is 0.429. The van der Waals surface area contributed by atoms with Crippen LogP contribution in [0, 0.1) is 0 Å². The molecule has 2 nitrogen and oxygen atoms in total. The molecule has 0 saturated carbocycles. The average molecular weight is 218 g/mol. The Labute approximate surface area is 96.9 Å². The number of hydrogen-bond acceptors (Lipinski definition) is 2. The van der Waals surface area contributed by atoms with Crippen molar-refractivity contribution in [1.29, 1.82) is 0 Å². The van der Waals surface area contributed by atoms with Gasteiger partial charge in [0.25, 0.3) is 0 Å². The van der Waals surface area contributed by atoms with Crippen LogP contribution in [0.3, 0.4) is 0 Å². The second-order valence-corrected chi connectivity index (χ2v) is 4.75. The summed E-state index contributed by atoms with van der Waals surface area (Å²) < 4.78 is 10.7. The van der Waals surface area contributed by atoms with Crippen LogP contribution < -0.4 is 9.47 Å². The second-order valence-electron chi connectivity index (χ2n) is 4.75. The molecule has 0 fully saturated rings. The van der Waals surface area contributed by atoms with Gasteiger partial charge in [-0.3, -0.25) is 0 Å². The maximum Gasteiger partial charge on any atom is 0.161 e. The molecule has 1 aromatic carbocycles. The number of methoxy groups -OCH3 is 2. The molecule has 2 rings (SSSR count). The minimum Gasteiger partial charge on any atom is -0.493 e. The quantitative estimate of drug-likeness (QED) is 0.757. The van der Waals surface area contributed by atoms with Crippen LogP contribution in [0.4, 0.5) is 0 Å². The molecule has 0 saturated heterocycles. The van der Waals surface area contributed by atoms with Gasteiger partial charge in [0.05, 0.1) is 14.2 Å². The Morgan fingerprint density at radius 3 is 2.12 bits per heavy atom. The lowest BCUT2D eigenvalue weighted by atomic mass is 9.82. The van der Waals surface area contributed by atoms with Gasteiger partial charge in [-0.1, -0.05) is 25.5 Å². The number of hydrogen-bond donors (Lipinski definition) is 0. The highest BCUT2D eigenvalue weighted by Crippen LogP contribution is 2.45. The van der Waals surface area contributed by atoms with E-state index in [1.165, 1.54) is 16.7 Å². The van der Waals surface area contributed by atoms with E-state index in [9.17, 15) is 0 Å². The van der Waals surface area contributed by atoms with Gasteiger partial charge in [0.2, 0.25) is 0 Å². The Hall–Kier alpha value is -1.44. The summed E-state index contributed by atoms with van der Waals surface area (Å²) in [6.07, 6.45) is 2.22. The van der Waals surface area contributed by atoms with Crippen molar-refractivity contribution < 1.29 is 9.47 Å². The third kappa shape index (κ3) is 1.41. The van der Waals surface area contributed by atoms with E-state index in [0.717, 1.165) is 11.5 Å². The van der Waals surface area contributed by atoms with Crippen LogP contribution in [-0.2, 0) is 5.41 Å². The summed E-state index contributed by atoms with van der Waals surface area (Å²) in [5, 5.41) is 0. The zero-order valence-electron chi connectivity index (χ0n) is 10.5. The Bertz CT molecular complexity index is 456. The normalized spacial score (nSPS) is 16.7. The van der Waals surface area contributed by atoms with Gasteiger partial charge in [0, 0.05) is 5.41 Å². The fourth-order valence-corrected chi connectivity index (χ4v) is 2.18. The van der Waals surface area contributed by atoms with E-state index in [4.69, 9.17) is 9.47 Å². The highest BCUT2D eigenvalue weighted by atomic mass is 16.5. The molecule has 2 heteroatoms. The van der Waals surface area contributed by atoms with Crippen LogP contribution in [0.5, 0.6) is 11.5 Å². The van der Waals surface area contributed by atoms with Crippen molar-refractivity contribution >= 4 is 6.08 Å². The Kier molecular flexibility index (Phi) is 2.45. The van der Waals surface area contributed by atoms with Crippen molar-refractivity contribution in [3.05, 3.63) is 28.8 Å². The van der Waals surface area contributed by atoms with Gasteiger partial charge >= 0.3 is 0 Å². The van der Waals surface area contributed by atoms with Crippen LogP contribution in [0.15, 0.2) is 17.7 Å². The second kappa shape index (κ2) is 3.55. The van der Waals surface area contributed by atoms with E-state index in [1.807, 2.05) is 6.07 Å². The molecule has 0 spiro atoms. The third-order valence-corrected chi connectivity index (χ3v) is 3.59. The Morgan fingerprint density at radius 2 is 1.56 bits per heavy atom. The van der Waals surface area contributed by atoms with Crippen LogP contribution in [0.25, 0.3) is 6.08 Å². The van der Waals surface area contributed by atoms with Crippen LogP contribution >= 0.6 is 0 Å². The molecule has 0 unspecified atom stereocenters. The van der Waals surface area contributed by atoms with Crippen LogP contribution in [0.2, 0.25) is 0 Å². The molecule has 0 amide bonds. The van der Waals surface area contributed by atoms with Gasteiger partial charge in [0.1, 0.15) is 0 Å². The monoisotopic (exact) mass is 218 g/mol. The highest BCUT2D eigenvalue weighted by Gasteiger charge is 2.31. The van der Waals surface area contributed by atoms with E-state index >= 15 is 0 Å². The number of benzene rings is 1. The lowest BCUT2D eigenvalue weighted by molar-refractivity contribution is 0.354. The van der Waals surface area contributed by atoms with Crippen molar-refractivity contribution in [1.82, 2.24) is 0 Å². The number of ether oxygens (including phenoxy) is 2. The number of rotatable bonds is 2. The molecule has 16 heavy (non-hydrogen) atoms. The first kappa shape index (κ1) is 11.1. The van der Waals surface area contributed by atoms with E-state index < -0.39 is 0 Å². The van der Waals surface area contributed by atoms with Crippen molar-refractivity contribution in [3.8, 4) is 11.5 Å². The maximum atomic E-state index is 5.34. The first-order valence-corrected chi connectivity index (χ1v) is 5.46. The summed E-state index contributed by atoms with van der Waals surface area (Å²) in [5.41, 5.74) is 4.01. The van der Waals surface area contributed by atoms with Gasteiger partial charge in [-0.05, 0) is 30.2 Å². The van der Waals surface area contributed by atoms with E-state index in [-0.39, 0.29) is 5.41 Å². The van der Waals surface area contributed by atoms with Gasteiger partial charge < -0.3 is 9.47 Å². The standard InChI is InChI=1S/C14H18O2/c1-9-6-10-7-12(15-4)13(16-5)8-11(10)14(9,2)3/h6-8H,1-5H3. The summed E-state index contributed by atoms with van der Waals surface area (Å²) in [4.78, 5) is 0. The molecule has 0 bridgehead atoms. The molecule has 0 radical (unpaired) electrons. The molecule has 0 atom stereocenters. The minimum atomic E-state index is 0.0921. The predicted octanol–water partition coefficient (Wildman–Crippen LogP) is 3.40. The first-order chi connectivity index (χ1) is 7.50. The average Bonchev–Trinajstić information content (AvgIpc) is 2.48. The lowest BCUT2D eigenvalue weighted by Gasteiger charge is -2.23. The number of allylic oxidation sites excluding steroid dienone is 1. The molecule has 1 aromatic rings. The number of fused-ring (bicyclic) bond motifs is 1. The molecule has 1 aliphatic carbocycles. The summed E-state index contributed by atoms with van der Waals surface area (Å²) >= 11 is 0. The van der Waals surface area contributed by atoms with E-state index in [1.54, 1.807) is 14.2 Å². The van der Waals surface area contributed by atoms with Gasteiger partial charge in [-0.25, -0.2) is 0 Å². The summed E-state index contributed by atoms with van der Waals surface area (Å²) in [6.45, 7) is 6.63. The molecule has 86 valence electrons. The van der Waals surface area contributed by atoms with Crippen molar-refractivity contribution in [2.24, 2.45) is 0 Å². The molecular weight excluding hydrogens is 200 g/mol. The molecule has 0 N–H and O–H groups in total. The van der Waals surface area contributed by atoms with Crippen LogP contribution in [0.1, 0.15) is 31.9 Å². The topological polar surface area (TPSA) is 18.5 Å². The summed E-state index contributed by atoms with van der Waals surface area (Å²) in [7, 11) is 3.34. The largest absolute Gasteiger partial charge is 0.493 e. The Balaban J connectivity index is 2.62. The third-order valence-electron chi connectivity index (χ3n) is 3.59. The molecule has 1 aliphatic rings. The van der Waals surface area contributed by atoms with Gasteiger partial charge in [-0.15, -0.1) is 0 Å². The maximum absolute atomic E-state index is 5.34. The molecule has 0 aliphatic heterocycles. The zero-order chi connectivity index (χ0) is 11.9. The van der Waals surface area contributed by atoms with Gasteiger partial charge in [-0.2, -0.15) is 0 Å². The molecule has 0 heterocycles. The zero-order valence-corrected chi connectivity index (χ0v) is 10.5.